The van der Waals surface area contributed by atoms with E-state index in [2.05, 4.69) is 4.99 Å². The Hall–Kier alpha value is -2.45. The second-order valence-corrected chi connectivity index (χ2v) is 9.09. The largest absolute Gasteiger partial charge is 0.497 e. The predicted molar refractivity (Wildman–Crippen MR) is 106 cm³/mol. The SMILES string of the molecule is CCn1c(=NC(=O)Cc2ccc(S(C)(=O)=O)cc2)sc2cc(OC)ccc21. The summed E-state index contributed by atoms with van der Waals surface area (Å²) in [5.74, 6) is 0.485. The molecule has 0 aliphatic heterocycles. The molecule has 0 fully saturated rings. The highest BCUT2D eigenvalue weighted by molar-refractivity contribution is 7.90. The zero-order valence-electron chi connectivity index (χ0n) is 15.3. The molecular formula is C19H20N2O4S2. The van der Waals surface area contributed by atoms with E-state index in [1.54, 1.807) is 19.2 Å². The van der Waals surface area contributed by atoms with Crippen molar-refractivity contribution < 1.29 is 17.9 Å². The molecule has 6 nitrogen and oxygen atoms in total. The lowest BCUT2D eigenvalue weighted by Crippen LogP contribution is -2.16. The maximum absolute atomic E-state index is 12.4. The van der Waals surface area contributed by atoms with Crippen molar-refractivity contribution in [3.05, 3.63) is 52.8 Å². The van der Waals surface area contributed by atoms with Crippen molar-refractivity contribution in [3.63, 3.8) is 0 Å². The Morgan fingerprint density at radius 1 is 1.19 bits per heavy atom. The van der Waals surface area contributed by atoms with Crippen molar-refractivity contribution in [3.8, 4) is 5.75 Å². The van der Waals surface area contributed by atoms with Gasteiger partial charge in [0.15, 0.2) is 14.6 Å². The molecule has 1 amide bonds. The van der Waals surface area contributed by atoms with Gasteiger partial charge in [0.25, 0.3) is 5.91 Å². The van der Waals surface area contributed by atoms with Crippen molar-refractivity contribution >= 4 is 37.3 Å². The number of methoxy groups -OCH3 is 1. The summed E-state index contributed by atoms with van der Waals surface area (Å²) in [6.07, 6.45) is 1.27. The second kappa shape index (κ2) is 7.66. The third-order valence-electron chi connectivity index (χ3n) is 4.13. The van der Waals surface area contributed by atoms with Crippen LogP contribution in [-0.2, 0) is 27.6 Å². The number of amides is 1. The first-order chi connectivity index (χ1) is 12.8. The van der Waals surface area contributed by atoms with Gasteiger partial charge in [-0.15, -0.1) is 0 Å². The fraction of sp³-hybridized carbons (Fsp3) is 0.263. The number of carbonyl (C=O) groups excluding carboxylic acids is 1. The molecule has 0 aliphatic carbocycles. The van der Waals surface area contributed by atoms with E-state index in [9.17, 15) is 13.2 Å². The van der Waals surface area contributed by atoms with Crippen LogP contribution in [0.4, 0.5) is 0 Å². The highest BCUT2D eigenvalue weighted by atomic mass is 32.2. The average Bonchev–Trinajstić information content (AvgIpc) is 2.97. The molecule has 0 saturated carbocycles. The van der Waals surface area contributed by atoms with Crippen molar-refractivity contribution in [2.24, 2.45) is 4.99 Å². The Bertz CT molecular complexity index is 1160. The Morgan fingerprint density at radius 3 is 2.48 bits per heavy atom. The lowest BCUT2D eigenvalue weighted by molar-refractivity contribution is -0.117. The molecule has 1 aromatic heterocycles. The smallest absolute Gasteiger partial charge is 0.252 e. The maximum atomic E-state index is 12.4. The van der Waals surface area contributed by atoms with E-state index in [0.717, 1.165) is 27.8 Å². The molecule has 0 saturated heterocycles. The second-order valence-electron chi connectivity index (χ2n) is 6.06. The van der Waals surface area contributed by atoms with Gasteiger partial charge in [-0.3, -0.25) is 4.79 Å². The molecule has 142 valence electrons. The number of hydrogen-bond acceptors (Lipinski definition) is 5. The van der Waals surface area contributed by atoms with Crippen LogP contribution in [0, 0.1) is 0 Å². The summed E-state index contributed by atoms with van der Waals surface area (Å²) in [7, 11) is -1.63. The molecule has 27 heavy (non-hydrogen) atoms. The summed E-state index contributed by atoms with van der Waals surface area (Å²) >= 11 is 1.44. The van der Waals surface area contributed by atoms with E-state index in [0.29, 0.717) is 11.3 Å². The minimum Gasteiger partial charge on any atom is -0.497 e. The molecule has 0 atom stereocenters. The van der Waals surface area contributed by atoms with Gasteiger partial charge in [0.1, 0.15) is 5.75 Å². The molecule has 0 N–H and O–H groups in total. The molecule has 0 radical (unpaired) electrons. The standard InChI is InChI=1S/C19H20N2O4S2/c1-4-21-16-10-7-14(25-2)12-17(16)26-19(21)20-18(22)11-13-5-8-15(9-6-13)27(3,23)24/h5-10,12H,4,11H2,1-3H3. The summed E-state index contributed by atoms with van der Waals surface area (Å²) in [5.41, 5.74) is 1.73. The monoisotopic (exact) mass is 404 g/mol. The zero-order valence-corrected chi connectivity index (χ0v) is 16.9. The highest BCUT2D eigenvalue weighted by Crippen LogP contribution is 2.23. The van der Waals surface area contributed by atoms with Crippen LogP contribution in [-0.4, -0.2) is 32.3 Å². The van der Waals surface area contributed by atoms with Crippen molar-refractivity contribution in [2.45, 2.75) is 24.8 Å². The van der Waals surface area contributed by atoms with Gasteiger partial charge >= 0.3 is 0 Å². The molecule has 2 aromatic carbocycles. The third-order valence-corrected chi connectivity index (χ3v) is 6.30. The Morgan fingerprint density at radius 2 is 1.89 bits per heavy atom. The molecule has 0 aliphatic rings. The summed E-state index contributed by atoms with van der Waals surface area (Å²) in [5, 5.41) is 0. The normalized spacial score (nSPS) is 12.5. The van der Waals surface area contributed by atoms with Crippen LogP contribution in [0.15, 0.2) is 52.4 Å². The summed E-state index contributed by atoms with van der Waals surface area (Å²) in [6, 6.07) is 12.1. The van der Waals surface area contributed by atoms with E-state index in [1.165, 1.54) is 23.5 Å². The first-order valence-electron chi connectivity index (χ1n) is 8.35. The van der Waals surface area contributed by atoms with Crippen molar-refractivity contribution in [2.75, 3.05) is 13.4 Å². The van der Waals surface area contributed by atoms with Crippen LogP contribution in [0.2, 0.25) is 0 Å². The average molecular weight is 405 g/mol. The predicted octanol–water partition coefficient (Wildman–Crippen LogP) is 2.80. The van der Waals surface area contributed by atoms with Gasteiger partial charge in [-0.1, -0.05) is 23.5 Å². The lowest BCUT2D eigenvalue weighted by atomic mass is 10.1. The number of ether oxygens (including phenoxy) is 1. The van der Waals surface area contributed by atoms with E-state index in [1.807, 2.05) is 29.7 Å². The maximum Gasteiger partial charge on any atom is 0.252 e. The Balaban J connectivity index is 1.90. The van der Waals surface area contributed by atoms with E-state index < -0.39 is 9.84 Å². The van der Waals surface area contributed by atoms with Crippen LogP contribution in [0.25, 0.3) is 10.2 Å². The van der Waals surface area contributed by atoms with Crippen molar-refractivity contribution in [1.29, 1.82) is 0 Å². The van der Waals surface area contributed by atoms with Gasteiger partial charge < -0.3 is 9.30 Å². The molecule has 0 bridgehead atoms. The minimum atomic E-state index is -3.25. The van der Waals surface area contributed by atoms with Crippen LogP contribution >= 0.6 is 11.3 Å². The van der Waals surface area contributed by atoms with Gasteiger partial charge in [0.05, 0.1) is 28.6 Å². The van der Waals surface area contributed by atoms with Crippen molar-refractivity contribution in [1.82, 2.24) is 4.57 Å². The Labute approximate surface area is 161 Å². The van der Waals surface area contributed by atoms with Gasteiger partial charge in [-0.05, 0) is 42.8 Å². The van der Waals surface area contributed by atoms with Gasteiger partial charge in [-0.25, -0.2) is 8.42 Å². The number of fused-ring (bicyclic) bond motifs is 1. The number of hydrogen-bond donors (Lipinski definition) is 0. The summed E-state index contributed by atoms with van der Waals surface area (Å²) in [4.78, 5) is 17.6. The van der Waals surface area contributed by atoms with Gasteiger partial charge in [0.2, 0.25) is 0 Å². The number of thiazole rings is 1. The minimum absolute atomic E-state index is 0.116. The molecule has 3 rings (SSSR count). The molecule has 0 unspecified atom stereocenters. The number of carbonyl (C=O) groups is 1. The lowest BCUT2D eigenvalue weighted by Gasteiger charge is -2.02. The first-order valence-corrected chi connectivity index (χ1v) is 11.1. The van der Waals surface area contributed by atoms with Crippen LogP contribution in [0.3, 0.4) is 0 Å². The Kier molecular flexibility index (Phi) is 5.48. The molecule has 3 aromatic rings. The topological polar surface area (TPSA) is 77.7 Å². The van der Waals surface area contributed by atoms with Crippen LogP contribution in [0.5, 0.6) is 5.75 Å². The molecular weight excluding hydrogens is 384 g/mol. The molecule has 1 heterocycles. The van der Waals surface area contributed by atoms with Gasteiger partial charge in [0, 0.05) is 12.8 Å². The highest BCUT2D eigenvalue weighted by Gasteiger charge is 2.10. The zero-order chi connectivity index (χ0) is 19.6. The third kappa shape index (κ3) is 4.28. The van der Waals surface area contributed by atoms with E-state index in [-0.39, 0.29) is 17.2 Å². The summed E-state index contributed by atoms with van der Waals surface area (Å²) in [6.45, 7) is 2.70. The summed E-state index contributed by atoms with van der Waals surface area (Å²) < 4.78 is 31.3. The van der Waals surface area contributed by atoms with Crippen LogP contribution in [0.1, 0.15) is 12.5 Å². The number of aryl methyl sites for hydroxylation is 1. The van der Waals surface area contributed by atoms with E-state index in [4.69, 9.17) is 4.74 Å². The number of rotatable bonds is 5. The van der Waals surface area contributed by atoms with Crippen LogP contribution < -0.4 is 9.54 Å². The molecule has 0 spiro atoms. The molecule has 8 heteroatoms. The number of aromatic nitrogens is 1. The first kappa shape index (κ1) is 19.3. The number of nitrogens with zero attached hydrogens (tertiary/aromatic N) is 2. The van der Waals surface area contributed by atoms with Gasteiger partial charge in [-0.2, -0.15) is 4.99 Å². The fourth-order valence-corrected chi connectivity index (χ4v) is 4.52. The van der Waals surface area contributed by atoms with E-state index >= 15 is 0 Å². The quantitative estimate of drug-likeness (QED) is 0.655. The number of benzene rings is 2. The fourth-order valence-electron chi connectivity index (χ4n) is 2.75. The number of sulfone groups is 1.